The van der Waals surface area contributed by atoms with Gasteiger partial charge in [0.2, 0.25) is 0 Å². The second-order valence-corrected chi connectivity index (χ2v) is 5.15. The highest BCUT2D eigenvalue weighted by Gasteiger charge is 2.25. The summed E-state index contributed by atoms with van der Waals surface area (Å²) < 4.78 is 5.08. The SMILES string of the molecule is CCC1C=CCN1C(=O)c1cc(Cl)c(OC)c(Cl)c1. The standard InChI is InChI=1S/C14H15Cl2NO2/c1-3-10-5-4-6-17(10)14(18)9-7-11(15)13(19-2)12(16)8-9/h4-5,7-8,10H,3,6H2,1-2H3. The topological polar surface area (TPSA) is 29.5 Å². The van der Waals surface area contributed by atoms with Gasteiger partial charge >= 0.3 is 0 Å². The molecule has 1 aromatic carbocycles. The number of methoxy groups -OCH3 is 1. The van der Waals surface area contributed by atoms with Gasteiger partial charge in [0.25, 0.3) is 5.91 Å². The number of carbonyl (C=O) groups is 1. The van der Waals surface area contributed by atoms with E-state index in [1.807, 2.05) is 12.2 Å². The minimum Gasteiger partial charge on any atom is -0.494 e. The number of ether oxygens (including phenoxy) is 1. The maximum Gasteiger partial charge on any atom is 0.254 e. The third kappa shape index (κ3) is 2.72. The number of amides is 1. The van der Waals surface area contributed by atoms with Crippen LogP contribution in [0.3, 0.4) is 0 Å². The first kappa shape index (κ1) is 14.2. The van der Waals surface area contributed by atoms with Crippen LogP contribution >= 0.6 is 23.2 Å². The molecular formula is C14H15Cl2NO2. The van der Waals surface area contributed by atoms with Gasteiger partial charge in [-0.1, -0.05) is 42.3 Å². The highest BCUT2D eigenvalue weighted by Crippen LogP contribution is 2.34. The number of hydrogen-bond acceptors (Lipinski definition) is 2. The van der Waals surface area contributed by atoms with Crippen LogP contribution < -0.4 is 4.74 Å². The number of rotatable bonds is 3. The second-order valence-electron chi connectivity index (χ2n) is 4.33. The van der Waals surface area contributed by atoms with Crippen LogP contribution in [0.25, 0.3) is 0 Å². The molecule has 1 aliphatic rings. The number of halogens is 2. The van der Waals surface area contributed by atoms with Crippen LogP contribution in [0.4, 0.5) is 0 Å². The van der Waals surface area contributed by atoms with E-state index in [1.54, 1.807) is 17.0 Å². The summed E-state index contributed by atoms with van der Waals surface area (Å²) in [6.45, 7) is 2.67. The molecule has 0 spiro atoms. The molecule has 3 nitrogen and oxygen atoms in total. The molecule has 0 bridgehead atoms. The van der Waals surface area contributed by atoms with Crippen molar-refractivity contribution in [1.29, 1.82) is 0 Å². The zero-order valence-electron chi connectivity index (χ0n) is 10.8. The number of carbonyl (C=O) groups excluding carboxylic acids is 1. The molecule has 19 heavy (non-hydrogen) atoms. The Hall–Kier alpha value is -1.19. The van der Waals surface area contributed by atoms with Gasteiger partial charge in [0.05, 0.1) is 23.2 Å². The van der Waals surface area contributed by atoms with E-state index in [0.717, 1.165) is 6.42 Å². The summed E-state index contributed by atoms with van der Waals surface area (Å²) in [6, 6.07) is 3.34. The van der Waals surface area contributed by atoms with Gasteiger partial charge in [-0.2, -0.15) is 0 Å². The molecular weight excluding hydrogens is 285 g/mol. The van der Waals surface area contributed by atoms with Crippen molar-refractivity contribution in [3.8, 4) is 5.75 Å². The van der Waals surface area contributed by atoms with E-state index in [4.69, 9.17) is 27.9 Å². The van der Waals surface area contributed by atoms with Crippen molar-refractivity contribution in [1.82, 2.24) is 4.90 Å². The maximum atomic E-state index is 12.4. The molecule has 2 rings (SSSR count). The van der Waals surface area contributed by atoms with E-state index in [9.17, 15) is 4.79 Å². The van der Waals surface area contributed by atoms with Crippen molar-refractivity contribution in [2.24, 2.45) is 0 Å². The molecule has 0 radical (unpaired) electrons. The number of nitrogens with zero attached hydrogens (tertiary/aromatic N) is 1. The highest BCUT2D eigenvalue weighted by atomic mass is 35.5. The van der Waals surface area contributed by atoms with E-state index in [1.165, 1.54) is 7.11 Å². The average molecular weight is 300 g/mol. The molecule has 0 aliphatic carbocycles. The largest absolute Gasteiger partial charge is 0.494 e. The van der Waals surface area contributed by atoms with Crippen LogP contribution in [0.1, 0.15) is 23.7 Å². The van der Waals surface area contributed by atoms with Crippen molar-refractivity contribution in [3.63, 3.8) is 0 Å². The van der Waals surface area contributed by atoms with Gasteiger partial charge in [-0.05, 0) is 18.6 Å². The lowest BCUT2D eigenvalue weighted by Crippen LogP contribution is -2.35. The van der Waals surface area contributed by atoms with Crippen LogP contribution in [0.5, 0.6) is 5.75 Å². The van der Waals surface area contributed by atoms with Crippen LogP contribution in [0.15, 0.2) is 24.3 Å². The van der Waals surface area contributed by atoms with Crippen LogP contribution in [0.2, 0.25) is 10.0 Å². The van der Waals surface area contributed by atoms with Gasteiger partial charge in [0.1, 0.15) is 0 Å². The molecule has 0 saturated carbocycles. The molecule has 1 heterocycles. The Bertz CT molecular complexity index is 505. The summed E-state index contributed by atoms with van der Waals surface area (Å²) in [4.78, 5) is 14.2. The summed E-state index contributed by atoms with van der Waals surface area (Å²) in [5, 5.41) is 0.692. The molecule has 0 fully saturated rings. The molecule has 1 unspecified atom stereocenters. The van der Waals surface area contributed by atoms with Gasteiger partial charge in [-0.15, -0.1) is 0 Å². The molecule has 1 amide bonds. The van der Waals surface area contributed by atoms with E-state index >= 15 is 0 Å². The predicted octanol–water partition coefficient (Wildman–Crippen LogP) is 3.79. The Morgan fingerprint density at radius 1 is 1.42 bits per heavy atom. The quantitative estimate of drug-likeness (QED) is 0.795. The summed E-state index contributed by atoms with van der Waals surface area (Å²) in [7, 11) is 1.49. The summed E-state index contributed by atoms with van der Waals surface area (Å²) in [6.07, 6.45) is 4.93. The minimum atomic E-state index is -0.0664. The first-order valence-corrected chi connectivity index (χ1v) is 6.84. The Morgan fingerprint density at radius 2 is 2.05 bits per heavy atom. The minimum absolute atomic E-state index is 0.0664. The number of benzene rings is 1. The normalized spacial score (nSPS) is 17.9. The smallest absolute Gasteiger partial charge is 0.254 e. The molecule has 0 N–H and O–H groups in total. The molecule has 102 valence electrons. The Labute approximate surface area is 122 Å². The lowest BCUT2D eigenvalue weighted by atomic mass is 10.1. The van der Waals surface area contributed by atoms with Crippen molar-refractivity contribution >= 4 is 29.1 Å². The van der Waals surface area contributed by atoms with Gasteiger partial charge in [0.15, 0.2) is 5.75 Å². The third-order valence-corrected chi connectivity index (χ3v) is 3.75. The van der Waals surface area contributed by atoms with E-state index < -0.39 is 0 Å². The third-order valence-electron chi connectivity index (χ3n) is 3.19. The summed E-state index contributed by atoms with van der Waals surface area (Å²) in [5.74, 6) is 0.328. The van der Waals surface area contributed by atoms with Crippen LogP contribution in [0, 0.1) is 0 Å². The fraction of sp³-hybridized carbons (Fsp3) is 0.357. The summed E-state index contributed by atoms with van der Waals surface area (Å²) in [5.41, 5.74) is 0.484. The van der Waals surface area contributed by atoms with E-state index in [-0.39, 0.29) is 11.9 Å². The predicted molar refractivity (Wildman–Crippen MR) is 77.3 cm³/mol. The Balaban J connectivity index is 2.30. The second kappa shape index (κ2) is 5.85. The van der Waals surface area contributed by atoms with Gasteiger partial charge in [-0.25, -0.2) is 0 Å². The van der Waals surface area contributed by atoms with Crippen molar-refractivity contribution in [2.45, 2.75) is 19.4 Å². The average Bonchev–Trinajstić information content (AvgIpc) is 2.85. The first-order valence-electron chi connectivity index (χ1n) is 6.09. The Kier molecular flexibility index (Phi) is 4.38. The van der Waals surface area contributed by atoms with Gasteiger partial charge < -0.3 is 9.64 Å². The Morgan fingerprint density at radius 3 is 2.58 bits per heavy atom. The number of hydrogen-bond donors (Lipinski definition) is 0. The van der Waals surface area contributed by atoms with Crippen LogP contribution in [-0.4, -0.2) is 30.5 Å². The lowest BCUT2D eigenvalue weighted by Gasteiger charge is -2.24. The molecule has 0 saturated heterocycles. The van der Waals surface area contributed by atoms with E-state index in [2.05, 4.69) is 6.92 Å². The zero-order chi connectivity index (χ0) is 14.0. The van der Waals surface area contributed by atoms with Crippen LogP contribution in [-0.2, 0) is 0 Å². The maximum absolute atomic E-state index is 12.4. The first-order chi connectivity index (χ1) is 9.08. The highest BCUT2D eigenvalue weighted by molar-refractivity contribution is 6.37. The van der Waals surface area contributed by atoms with Crippen molar-refractivity contribution < 1.29 is 9.53 Å². The molecule has 1 aliphatic heterocycles. The van der Waals surface area contributed by atoms with E-state index in [0.29, 0.717) is 27.9 Å². The van der Waals surface area contributed by atoms with Gasteiger partial charge in [-0.3, -0.25) is 4.79 Å². The fourth-order valence-electron chi connectivity index (χ4n) is 2.20. The zero-order valence-corrected chi connectivity index (χ0v) is 12.3. The monoisotopic (exact) mass is 299 g/mol. The van der Waals surface area contributed by atoms with Crippen molar-refractivity contribution in [3.05, 3.63) is 39.9 Å². The lowest BCUT2D eigenvalue weighted by molar-refractivity contribution is 0.0747. The van der Waals surface area contributed by atoms with Gasteiger partial charge in [0, 0.05) is 12.1 Å². The summed E-state index contributed by atoms with van der Waals surface area (Å²) >= 11 is 12.1. The van der Waals surface area contributed by atoms with Crippen molar-refractivity contribution in [2.75, 3.05) is 13.7 Å². The molecule has 1 atom stereocenters. The fourth-order valence-corrected chi connectivity index (χ4v) is 2.85. The molecule has 0 aromatic heterocycles. The molecule has 5 heteroatoms. The molecule has 1 aromatic rings.